The maximum absolute atomic E-state index is 12.8. The first-order valence-corrected chi connectivity index (χ1v) is 12.6. The van der Waals surface area contributed by atoms with Crippen molar-refractivity contribution < 1.29 is 19.1 Å². The summed E-state index contributed by atoms with van der Waals surface area (Å²) in [5.74, 6) is 0.0445. The highest BCUT2D eigenvalue weighted by Gasteiger charge is 2.41. The maximum atomic E-state index is 12.8. The number of carboxylic acid groups (broad SMARTS) is 1. The third-order valence-electron chi connectivity index (χ3n) is 6.51. The van der Waals surface area contributed by atoms with Crippen molar-refractivity contribution in [2.45, 2.75) is 25.4 Å². The minimum absolute atomic E-state index is 0.118. The van der Waals surface area contributed by atoms with Crippen molar-refractivity contribution in [2.24, 2.45) is 0 Å². The van der Waals surface area contributed by atoms with Gasteiger partial charge in [-0.3, -0.25) is 9.78 Å². The monoisotopic (exact) mass is 526 g/mol. The summed E-state index contributed by atoms with van der Waals surface area (Å²) in [6, 6.07) is 22.9. The number of pyridine rings is 1. The Hall–Kier alpha value is -4.50. The Morgan fingerprint density at radius 1 is 1.08 bits per heavy atom. The Morgan fingerprint density at radius 3 is 2.66 bits per heavy atom. The summed E-state index contributed by atoms with van der Waals surface area (Å²) in [6.45, 7) is 2.31. The van der Waals surface area contributed by atoms with Crippen LogP contribution in [0.1, 0.15) is 45.9 Å². The highest BCUT2D eigenvalue weighted by atomic mass is 32.1. The lowest BCUT2D eigenvalue weighted by Gasteiger charge is -2.26. The number of nitrogens with one attached hydrogen (secondary N) is 2. The zero-order valence-electron chi connectivity index (χ0n) is 20.6. The van der Waals surface area contributed by atoms with Gasteiger partial charge in [0, 0.05) is 30.4 Å². The molecule has 192 valence electrons. The number of amides is 1. The van der Waals surface area contributed by atoms with E-state index < -0.39 is 5.97 Å². The van der Waals surface area contributed by atoms with Crippen LogP contribution < -0.4 is 10.6 Å². The van der Waals surface area contributed by atoms with Crippen LogP contribution in [0.3, 0.4) is 0 Å². The molecule has 1 aliphatic rings. The summed E-state index contributed by atoms with van der Waals surface area (Å²) >= 11 is 5.69. The molecule has 2 aromatic heterocycles. The van der Waals surface area contributed by atoms with Crippen LogP contribution >= 0.6 is 12.2 Å². The number of rotatable bonds is 8. The number of aromatic carboxylic acids is 1. The molecule has 3 heterocycles. The molecule has 9 heteroatoms. The number of carboxylic acids is 1. The summed E-state index contributed by atoms with van der Waals surface area (Å²) in [6.07, 6.45) is 1.94. The number of carbonyl (C=O) groups is 2. The molecule has 5 rings (SSSR count). The number of carbonyl (C=O) groups excluding carboxylic acids is 1. The van der Waals surface area contributed by atoms with Crippen LogP contribution in [0.25, 0.3) is 11.3 Å². The highest BCUT2D eigenvalue weighted by molar-refractivity contribution is 7.80. The zero-order valence-corrected chi connectivity index (χ0v) is 21.4. The molecule has 0 unspecified atom stereocenters. The molecule has 0 spiro atoms. The van der Waals surface area contributed by atoms with E-state index in [1.807, 2.05) is 66.4 Å². The van der Waals surface area contributed by atoms with Gasteiger partial charge in [0.2, 0.25) is 5.91 Å². The van der Waals surface area contributed by atoms with Gasteiger partial charge in [-0.2, -0.15) is 0 Å². The van der Waals surface area contributed by atoms with Crippen LogP contribution in [0.4, 0.5) is 5.69 Å². The van der Waals surface area contributed by atoms with Gasteiger partial charge in [0.05, 0.1) is 17.3 Å². The van der Waals surface area contributed by atoms with E-state index in [0.29, 0.717) is 28.7 Å². The van der Waals surface area contributed by atoms with Gasteiger partial charge < -0.3 is 25.1 Å². The molecule has 0 saturated carbocycles. The molecule has 2 atom stereocenters. The van der Waals surface area contributed by atoms with E-state index in [-0.39, 0.29) is 30.0 Å². The fourth-order valence-electron chi connectivity index (χ4n) is 4.58. The number of hydrogen-bond acceptors (Lipinski definition) is 5. The lowest BCUT2D eigenvalue weighted by molar-refractivity contribution is -0.116. The Labute approximate surface area is 225 Å². The Balaban J connectivity index is 1.41. The van der Waals surface area contributed by atoms with Gasteiger partial charge in [-0.15, -0.1) is 0 Å². The number of nitrogens with zero attached hydrogens (tertiary/aromatic N) is 2. The summed E-state index contributed by atoms with van der Waals surface area (Å²) in [5.41, 5.74) is 3.39. The molecular formula is C29H26N4O4S. The molecule has 1 amide bonds. The summed E-state index contributed by atoms with van der Waals surface area (Å²) in [4.78, 5) is 30.7. The number of para-hydroxylation sites is 1. The average Bonchev–Trinajstić information content (AvgIpc) is 3.54. The average molecular weight is 527 g/mol. The fraction of sp³-hybridized carbons (Fsp3) is 0.172. The van der Waals surface area contributed by atoms with E-state index in [2.05, 4.69) is 15.6 Å². The second-order valence-corrected chi connectivity index (χ2v) is 9.41. The first-order chi connectivity index (χ1) is 18.4. The molecule has 4 aromatic rings. The molecule has 2 aromatic carbocycles. The number of hydrogen-bond donors (Lipinski definition) is 3. The minimum atomic E-state index is -1.01. The second-order valence-electron chi connectivity index (χ2n) is 9.02. The molecule has 1 fully saturated rings. The van der Waals surface area contributed by atoms with Crippen molar-refractivity contribution in [2.75, 3.05) is 11.9 Å². The lowest BCUT2D eigenvalue weighted by Crippen LogP contribution is -2.32. The van der Waals surface area contributed by atoms with Crippen LogP contribution in [-0.4, -0.2) is 38.5 Å². The molecule has 38 heavy (non-hydrogen) atoms. The molecule has 0 radical (unpaired) electrons. The van der Waals surface area contributed by atoms with Gasteiger partial charge in [-0.1, -0.05) is 36.4 Å². The van der Waals surface area contributed by atoms with E-state index in [1.54, 1.807) is 24.4 Å². The van der Waals surface area contributed by atoms with Gasteiger partial charge in [-0.05, 0) is 67.2 Å². The van der Waals surface area contributed by atoms with Crippen molar-refractivity contribution in [1.82, 2.24) is 15.2 Å². The standard InChI is InChI=1S/C29H26N4O4S/c1-18-7-2-3-10-21(18)31-25(34)14-16-33-27(26(32-29(33)38)22-11-4-5-15-30-22)24-13-12-23(37-24)19-8-6-9-20(17-19)28(35)36/h2-13,15,17,26-27H,14,16H2,1H3,(H,31,34)(H,32,38)(H,35,36)/t26-,27+/m0/s1. The summed E-state index contributed by atoms with van der Waals surface area (Å²) < 4.78 is 6.27. The number of furan rings is 1. The summed E-state index contributed by atoms with van der Waals surface area (Å²) in [7, 11) is 0. The molecule has 0 bridgehead atoms. The quantitative estimate of drug-likeness (QED) is 0.264. The molecule has 1 aliphatic heterocycles. The highest BCUT2D eigenvalue weighted by Crippen LogP contribution is 2.40. The maximum Gasteiger partial charge on any atom is 0.335 e. The number of benzene rings is 2. The molecule has 0 aliphatic carbocycles. The third-order valence-corrected chi connectivity index (χ3v) is 6.86. The predicted molar refractivity (Wildman–Crippen MR) is 148 cm³/mol. The number of anilines is 1. The normalized spacial score (nSPS) is 16.8. The molecule has 1 saturated heterocycles. The van der Waals surface area contributed by atoms with Gasteiger partial charge in [0.15, 0.2) is 5.11 Å². The van der Waals surface area contributed by atoms with Gasteiger partial charge in [-0.25, -0.2) is 4.79 Å². The van der Waals surface area contributed by atoms with Crippen molar-refractivity contribution in [3.8, 4) is 11.3 Å². The fourth-order valence-corrected chi connectivity index (χ4v) is 4.91. The van der Waals surface area contributed by atoms with Crippen LogP contribution in [0.2, 0.25) is 0 Å². The van der Waals surface area contributed by atoms with Gasteiger partial charge in [0.25, 0.3) is 0 Å². The topological polar surface area (TPSA) is 108 Å². The summed E-state index contributed by atoms with van der Waals surface area (Å²) in [5, 5.41) is 16.2. The predicted octanol–water partition coefficient (Wildman–Crippen LogP) is 5.35. The molecular weight excluding hydrogens is 500 g/mol. The van der Waals surface area contributed by atoms with Crippen LogP contribution in [0.15, 0.2) is 89.5 Å². The van der Waals surface area contributed by atoms with Crippen LogP contribution in [0, 0.1) is 6.92 Å². The Kier molecular flexibility index (Phi) is 7.19. The largest absolute Gasteiger partial charge is 0.478 e. The van der Waals surface area contributed by atoms with E-state index in [0.717, 1.165) is 16.9 Å². The number of aromatic nitrogens is 1. The van der Waals surface area contributed by atoms with E-state index >= 15 is 0 Å². The minimum Gasteiger partial charge on any atom is -0.478 e. The number of aryl methyl sites for hydroxylation is 1. The van der Waals surface area contributed by atoms with Crippen molar-refractivity contribution in [3.05, 3.63) is 108 Å². The van der Waals surface area contributed by atoms with Crippen LogP contribution in [0.5, 0.6) is 0 Å². The molecule has 8 nitrogen and oxygen atoms in total. The van der Waals surface area contributed by atoms with Gasteiger partial charge >= 0.3 is 5.97 Å². The second kappa shape index (κ2) is 10.9. The van der Waals surface area contributed by atoms with E-state index in [1.165, 1.54) is 6.07 Å². The van der Waals surface area contributed by atoms with Crippen molar-refractivity contribution >= 4 is 34.9 Å². The Bertz CT molecular complexity index is 1490. The Morgan fingerprint density at radius 2 is 1.89 bits per heavy atom. The van der Waals surface area contributed by atoms with E-state index in [4.69, 9.17) is 16.6 Å². The first-order valence-electron chi connectivity index (χ1n) is 12.2. The van der Waals surface area contributed by atoms with Crippen LogP contribution in [-0.2, 0) is 4.79 Å². The smallest absolute Gasteiger partial charge is 0.335 e. The SMILES string of the molecule is Cc1ccccc1NC(=O)CCN1C(=S)N[C@@H](c2ccccn2)[C@H]1c1ccc(-c2cccc(C(=O)O)c2)o1. The zero-order chi connectivity index (χ0) is 26.6. The van der Waals surface area contributed by atoms with Crippen molar-refractivity contribution in [3.63, 3.8) is 0 Å². The molecule has 3 N–H and O–H groups in total. The van der Waals surface area contributed by atoms with E-state index in [9.17, 15) is 14.7 Å². The third kappa shape index (κ3) is 5.28. The number of thiocarbonyl (C=S) groups is 1. The first kappa shape index (κ1) is 25.2. The lowest BCUT2D eigenvalue weighted by atomic mass is 10.0. The van der Waals surface area contributed by atoms with Crippen molar-refractivity contribution in [1.29, 1.82) is 0 Å². The van der Waals surface area contributed by atoms with Gasteiger partial charge in [0.1, 0.15) is 17.6 Å².